The van der Waals surface area contributed by atoms with Gasteiger partial charge < -0.3 is 24.4 Å². The van der Waals surface area contributed by atoms with Crippen LogP contribution in [0, 0.1) is 0 Å². The Labute approximate surface area is 176 Å². The third-order valence-electron chi connectivity index (χ3n) is 4.93. The van der Waals surface area contributed by atoms with Crippen molar-refractivity contribution in [1.29, 1.82) is 0 Å². The van der Waals surface area contributed by atoms with Gasteiger partial charge in [-0.2, -0.15) is 4.31 Å². The first-order chi connectivity index (χ1) is 14.3. The van der Waals surface area contributed by atoms with Gasteiger partial charge in [0.2, 0.25) is 21.8 Å². The van der Waals surface area contributed by atoms with Gasteiger partial charge in [0.05, 0.1) is 18.1 Å². The van der Waals surface area contributed by atoms with E-state index in [0.717, 1.165) is 6.42 Å². The molecule has 2 heterocycles. The first-order valence-electron chi connectivity index (χ1n) is 9.80. The van der Waals surface area contributed by atoms with Crippen LogP contribution in [0.25, 0.3) is 0 Å². The zero-order valence-electron chi connectivity index (χ0n) is 17.1. The maximum atomic E-state index is 13.0. The van der Waals surface area contributed by atoms with Gasteiger partial charge in [0.1, 0.15) is 12.6 Å². The zero-order chi connectivity index (χ0) is 21.7. The number of nitrogens with zero attached hydrogens (tertiary/aromatic N) is 2. The van der Waals surface area contributed by atoms with Crippen molar-refractivity contribution in [2.75, 3.05) is 53.1 Å². The summed E-state index contributed by atoms with van der Waals surface area (Å²) >= 11 is 0. The van der Waals surface area contributed by atoms with Gasteiger partial charge >= 0.3 is 0 Å². The molecule has 0 saturated carbocycles. The summed E-state index contributed by atoms with van der Waals surface area (Å²) in [6.07, 6.45) is 0.733. The first-order valence-corrected chi connectivity index (χ1v) is 11.2. The van der Waals surface area contributed by atoms with Gasteiger partial charge in [0, 0.05) is 45.8 Å². The summed E-state index contributed by atoms with van der Waals surface area (Å²) in [6.45, 7) is 3.29. The summed E-state index contributed by atoms with van der Waals surface area (Å²) < 4.78 is 43.3. The molecule has 11 heteroatoms. The predicted octanol–water partition coefficient (Wildman–Crippen LogP) is -0.168. The van der Waals surface area contributed by atoms with Crippen molar-refractivity contribution in [3.63, 3.8) is 0 Å². The van der Waals surface area contributed by atoms with Crippen LogP contribution in [0.5, 0.6) is 11.5 Å². The smallest absolute Gasteiger partial charge is 0.246 e. The highest BCUT2D eigenvalue weighted by molar-refractivity contribution is 7.89. The van der Waals surface area contributed by atoms with Crippen LogP contribution in [0.4, 0.5) is 0 Å². The van der Waals surface area contributed by atoms with Crippen LogP contribution >= 0.6 is 0 Å². The second-order valence-electron chi connectivity index (χ2n) is 7.11. The number of carbonyl (C=O) groups is 2. The summed E-state index contributed by atoms with van der Waals surface area (Å²) in [5.41, 5.74) is 0. The Morgan fingerprint density at radius 1 is 1.13 bits per heavy atom. The molecule has 0 bridgehead atoms. The number of hydrogen-bond donors (Lipinski definition) is 1. The van der Waals surface area contributed by atoms with Crippen LogP contribution in [0.3, 0.4) is 0 Å². The molecular formula is C19H27N3O7S. The average molecular weight is 442 g/mol. The van der Waals surface area contributed by atoms with Crippen molar-refractivity contribution < 1.29 is 32.2 Å². The Balaban J connectivity index is 1.62. The second-order valence-corrected chi connectivity index (χ2v) is 9.05. The maximum absolute atomic E-state index is 13.0. The topological polar surface area (TPSA) is 114 Å². The molecule has 0 aliphatic carbocycles. The van der Waals surface area contributed by atoms with Crippen molar-refractivity contribution in [1.82, 2.24) is 14.5 Å². The lowest BCUT2D eigenvalue weighted by Gasteiger charge is -2.35. The van der Waals surface area contributed by atoms with Gasteiger partial charge in [-0.05, 0) is 19.1 Å². The number of benzene rings is 1. The van der Waals surface area contributed by atoms with Gasteiger partial charge in [0.25, 0.3) is 0 Å². The third-order valence-corrected chi connectivity index (χ3v) is 6.83. The fourth-order valence-electron chi connectivity index (χ4n) is 3.35. The van der Waals surface area contributed by atoms with Gasteiger partial charge in [-0.15, -0.1) is 0 Å². The second kappa shape index (κ2) is 9.63. The molecule has 2 amide bonds. The van der Waals surface area contributed by atoms with E-state index in [0.29, 0.717) is 24.7 Å². The number of carbonyl (C=O) groups excluding carboxylic acids is 2. The number of nitrogens with one attached hydrogen (secondary N) is 1. The van der Waals surface area contributed by atoms with Crippen LogP contribution < -0.4 is 14.8 Å². The van der Waals surface area contributed by atoms with Gasteiger partial charge in [0.15, 0.2) is 11.5 Å². The largest absolute Gasteiger partial charge is 0.490 e. The minimum absolute atomic E-state index is 0.126. The van der Waals surface area contributed by atoms with Crippen molar-refractivity contribution in [3.8, 4) is 11.5 Å². The zero-order valence-corrected chi connectivity index (χ0v) is 17.9. The number of piperazine rings is 1. The molecule has 2 aliphatic rings. The highest BCUT2D eigenvalue weighted by atomic mass is 32.2. The Bertz CT molecular complexity index is 882. The summed E-state index contributed by atoms with van der Waals surface area (Å²) in [7, 11) is -2.33. The lowest BCUT2D eigenvalue weighted by molar-refractivity contribution is -0.137. The van der Waals surface area contributed by atoms with Crippen molar-refractivity contribution >= 4 is 21.8 Å². The molecule has 2 aliphatic heterocycles. The summed E-state index contributed by atoms with van der Waals surface area (Å²) in [5.74, 6) is 0.315. The standard InChI is InChI=1S/C19H27N3O7S/c1-14(20-18(23)13-27-2)19(24)21-6-8-22(9-7-21)30(25,26)15-4-5-16-17(12-15)29-11-3-10-28-16/h4-5,12,14H,3,6-11,13H2,1-2H3,(H,20,23). The lowest BCUT2D eigenvalue weighted by Crippen LogP contribution is -2.55. The van der Waals surface area contributed by atoms with Crippen LogP contribution in [0.2, 0.25) is 0 Å². The van der Waals surface area contributed by atoms with E-state index < -0.39 is 16.1 Å². The van der Waals surface area contributed by atoms with E-state index in [1.807, 2.05) is 0 Å². The number of fused-ring (bicyclic) bond motifs is 1. The van der Waals surface area contributed by atoms with E-state index in [4.69, 9.17) is 14.2 Å². The number of amides is 2. The highest BCUT2D eigenvalue weighted by Crippen LogP contribution is 2.33. The number of hydrogen-bond acceptors (Lipinski definition) is 7. The Morgan fingerprint density at radius 2 is 1.80 bits per heavy atom. The minimum atomic E-state index is -3.73. The Kier molecular flexibility index (Phi) is 7.16. The van der Waals surface area contributed by atoms with Crippen LogP contribution in [0.1, 0.15) is 13.3 Å². The molecule has 166 valence electrons. The number of methoxy groups -OCH3 is 1. The molecule has 1 N–H and O–H groups in total. The van der Waals surface area contributed by atoms with E-state index in [-0.39, 0.29) is 49.5 Å². The Hall–Kier alpha value is -2.37. The van der Waals surface area contributed by atoms with Crippen LogP contribution in [-0.2, 0) is 24.3 Å². The number of sulfonamides is 1. The monoisotopic (exact) mass is 441 g/mol. The number of ether oxygens (including phenoxy) is 3. The quantitative estimate of drug-likeness (QED) is 0.652. The number of rotatable bonds is 6. The minimum Gasteiger partial charge on any atom is -0.490 e. The van der Waals surface area contributed by atoms with Crippen molar-refractivity contribution in [2.24, 2.45) is 0 Å². The molecular weight excluding hydrogens is 414 g/mol. The molecule has 1 aromatic carbocycles. The normalized spacial score (nSPS) is 18.4. The molecule has 0 radical (unpaired) electrons. The third kappa shape index (κ3) is 5.02. The summed E-state index contributed by atoms with van der Waals surface area (Å²) in [5, 5.41) is 2.57. The molecule has 3 rings (SSSR count). The first kappa shape index (κ1) is 22.3. The molecule has 0 aromatic heterocycles. The molecule has 30 heavy (non-hydrogen) atoms. The van der Waals surface area contributed by atoms with E-state index >= 15 is 0 Å². The average Bonchev–Trinajstić information content (AvgIpc) is 2.98. The Morgan fingerprint density at radius 3 is 2.47 bits per heavy atom. The molecule has 1 unspecified atom stereocenters. The van der Waals surface area contributed by atoms with E-state index in [2.05, 4.69) is 5.32 Å². The molecule has 1 aromatic rings. The molecule has 10 nitrogen and oxygen atoms in total. The predicted molar refractivity (Wildman–Crippen MR) is 107 cm³/mol. The molecule has 1 saturated heterocycles. The van der Waals surface area contributed by atoms with Gasteiger partial charge in [-0.1, -0.05) is 0 Å². The fraction of sp³-hybridized carbons (Fsp3) is 0.579. The molecule has 1 atom stereocenters. The molecule has 1 fully saturated rings. The summed E-state index contributed by atoms with van der Waals surface area (Å²) in [4.78, 5) is 25.8. The lowest BCUT2D eigenvalue weighted by atomic mass is 10.2. The van der Waals surface area contributed by atoms with Gasteiger partial charge in [-0.3, -0.25) is 9.59 Å². The van der Waals surface area contributed by atoms with E-state index in [1.54, 1.807) is 17.9 Å². The SMILES string of the molecule is COCC(=O)NC(C)C(=O)N1CCN(S(=O)(=O)c2ccc3c(c2)OCCCO3)CC1. The van der Waals surface area contributed by atoms with E-state index in [1.165, 1.54) is 23.5 Å². The van der Waals surface area contributed by atoms with Crippen molar-refractivity contribution in [2.45, 2.75) is 24.3 Å². The van der Waals surface area contributed by atoms with Gasteiger partial charge in [-0.25, -0.2) is 8.42 Å². The highest BCUT2D eigenvalue weighted by Gasteiger charge is 2.32. The van der Waals surface area contributed by atoms with Crippen LogP contribution in [-0.4, -0.2) is 88.6 Å². The van der Waals surface area contributed by atoms with E-state index in [9.17, 15) is 18.0 Å². The van der Waals surface area contributed by atoms with Crippen LogP contribution in [0.15, 0.2) is 23.1 Å². The summed E-state index contributed by atoms with van der Waals surface area (Å²) in [6, 6.07) is 3.89. The maximum Gasteiger partial charge on any atom is 0.246 e. The fourth-order valence-corrected chi connectivity index (χ4v) is 4.79. The molecule has 0 spiro atoms. The van der Waals surface area contributed by atoms with Crippen molar-refractivity contribution in [3.05, 3.63) is 18.2 Å².